The molecule has 3 aliphatic rings. The Morgan fingerprint density at radius 3 is 2.44 bits per heavy atom. The van der Waals surface area contributed by atoms with Crippen molar-refractivity contribution >= 4 is 23.9 Å². The molecule has 36 heavy (non-hydrogen) atoms. The number of nitrogens with zero attached hydrogens (tertiary/aromatic N) is 1. The number of carbonyl (C=O) groups excluding carboxylic acids is 3. The Labute approximate surface area is 210 Å². The second-order valence-electron chi connectivity index (χ2n) is 10.2. The molecule has 13 heteroatoms. The number of aliphatic hydroxyl groups is 1. The van der Waals surface area contributed by atoms with Crippen LogP contribution in [0.15, 0.2) is 12.2 Å². The second kappa shape index (κ2) is 13.0. The van der Waals surface area contributed by atoms with Crippen LogP contribution in [0.25, 0.3) is 0 Å². The maximum Gasteiger partial charge on any atom is 0.408 e. The van der Waals surface area contributed by atoms with Crippen molar-refractivity contribution in [1.29, 1.82) is 0 Å². The van der Waals surface area contributed by atoms with Crippen LogP contribution in [0.2, 0.25) is 0 Å². The lowest BCUT2D eigenvalue weighted by Gasteiger charge is -2.30. The summed E-state index contributed by atoms with van der Waals surface area (Å²) in [7, 11) is 0. The van der Waals surface area contributed by atoms with Gasteiger partial charge in [-0.2, -0.15) is 0 Å². The zero-order chi connectivity index (χ0) is 24.4. The molecule has 1 saturated carbocycles. The fourth-order valence-electron chi connectivity index (χ4n) is 4.53. The predicted octanol–water partition coefficient (Wildman–Crippen LogP) is -1.15. The van der Waals surface area contributed by atoms with Gasteiger partial charge in [-0.05, 0) is 46.5 Å². The average Bonchev–Trinajstić information content (AvgIpc) is 3.25. The number of hydrogen-bond acceptors (Lipinski definition) is 6. The summed E-state index contributed by atoms with van der Waals surface area (Å²) < 4.78 is 5.30. The molecule has 2 fully saturated rings. The summed E-state index contributed by atoms with van der Waals surface area (Å²) in [5.41, 5.74) is -2.12. The Morgan fingerprint density at radius 2 is 1.83 bits per heavy atom. The first kappa shape index (κ1) is 33.3. The number of aliphatic carboxylic acids is 1. The van der Waals surface area contributed by atoms with Gasteiger partial charge in [0.05, 0.1) is 6.10 Å². The van der Waals surface area contributed by atoms with Crippen LogP contribution in [-0.4, -0.2) is 91.3 Å². The Hall–Kier alpha value is -2.74. The van der Waals surface area contributed by atoms with Crippen molar-refractivity contribution < 1.29 is 50.6 Å². The highest BCUT2D eigenvalue weighted by molar-refractivity contribution is 5.96. The highest BCUT2D eigenvalue weighted by atomic mass is 16.6. The van der Waals surface area contributed by atoms with E-state index in [1.54, 1.807) is 20.8 Å². The summed E-state index contributed by atoms with van der Waals surface area (Å²) in [4.78, 5) is 52.0. The number of carbonyl (C=O) groups is 4. The van der Waals surface area contributed by atoms with Crippen LogP contribution >= 0.6 is 0 Å². The minimum Gasteiger partial charge on any atom is -0.479 e. The fourth-order valence-corrected chi connectivity index (χ4v) is 4.53. The maximum absolute atomic E-state index is 13.4. The van der Waals surface area contributed by atoms with Crippen LogP contribution < -0.4 is 10.6 Å². The molecule has 10 N–H and O–H groups in total. The zero-order valence-electron chi connectivity index (χ0n) is 21.0. The molecular formula is C23H41N3O10. The van der Waals surface area contributed by atoms with E-state index in [0.29, 0.717) is 12.8 Å². The third kappa shape index (κ3) is 7.88. The molecule has 0 spiro atoms. The third-order valence-electron chi connectivity index (χ3n) is 6.33. The van der Waals surface area contributed by atoms with Crippen molar-refractivity contribution in [3.05, 3.63) is 12.2 Å². The topological polar surface area (TPSA) is 240 Å². The van der Waals surface area contributed by atoms with E-state index >= 15 is 0 Å². The highest BCUT2D eigenvalue weighted by Crippen LogP contribution is 2.45. The van der Waals surface area contributed by atoms with Crippen molar-refractivity contribution in [2.75, 3.05) is 6.54 Å². The van der Waals surface area contributed by atoms with Crippen molar-refractivity contribution in [1.82, 2.24) is 15.5 Å². The quantitative estimate of drug-likeness (QED) is 0.326. The number of rotatable bonds is 2. The first-order valence-electron chi connectivity index (χ1n) is 11.6. The Morgan fingerprint density at radius 1 is 1.17 bits per heavy atom. The van der Waals surface area contributed by atoms with Crippen LogP contribution in [0, 0.1) is 5.92 Å². The van der Waals surface area contributed by atoms with Gasteiger partial charge in [-0.15, -0.1) is 0 Å². The van der Waals surface area contributed by atoms with Gasteiger partial charge in [-0.25, -0.2) is 9.59 Å². The summed E-state index contributed by atoms with van der Waals surface area (Å²) in [5.74, 6) is -2.51. The highest BCUT2D eigenvalue weighted by Gasteiger charge is 2.61. The van der Waals surface area contributed by atoms with E-state index in [2.05, 4.69) is 10.6 Å². The molecule has 208 valence electrons. The number of carboxylic acid groups (broad SMARTS) is 1. The SMILES string of the molecule is CC(C)(C)OC(=O)N[C@H]1CCCCC/C=C/[C@@H]2C[C@@]2(C(=O)O)NC(=O)[C@@H]2C[C@@H](O)CN2C1=O.O.O.O. The molecule has 3 amide bonds. The third-order valence-corrected chi connectivity index (χ3v) is 6.33. The molecule has 2 aliphatic heterocycles. The first-order valence-corrected chi connectivity index (χ1v) is 11.6. The number of fused-ring (bicyclic) bond motifs is 2. The summed E-state index contributed by atoms with van der Waals surface area (Å²) in [5, 5.41) is 25.2. The first-order chi connectivity index (χ1) is 15.4. The van der Waals surface area contributed by atoms with Gasteiger partial charge in [0.1, 0.15) is 23.2 Å². The van der Waals surface area contributed by atoms with Gasteiger partial charge in [0, 0.05) is 18.9 Å². The lowest BCUT2D eigenvalue weighted by Crippen LogP contribution is -2.56. The van der Waals surface area contributed by atoms with E-state index in [1.807, 2.05) is 12.2 Å². The van der Waals surface area contributed by atoms with Crippen LogP contribution in [0.3, 0.4) is 0 Å². The molecule has 1 saturated heterocycles. The molecule has 2 heterocycles. The van der Waals surface area contributed by atoms with E-state index in [9.17, 15) is 29.4 Å². The lowest BCUT2D eigenvalue weighted by molar-refractivity contribution is -0.145. The Balaban J connectivity index is 0.00000408. The van der Waals surface area contributed by atoms with E-state index in [4.69, 9.17) is 4.74 Å². The molecule has 5 atom stereocenters. The van der Waals surface area contributed by atoms with Gasteiger partial charge < -0.3 is 46.9 Å². The predicted molar refractivity (Wildman–Crippen MR) is 129 cm³/mol. The number of carboxylic acids is 1. The minimum absolute atomic E-state index is 0. The van der Waals surface area contributed by atoms with Gasteiger partial charge in [-0.3, -0.25) is 9.59 Å². The molecule has 3 rings (SSSR count). The monoisotopic (exact) mass is 519 g/mol. The molecule has 13 nitrogen and oxygen atoms in total. The van der Waals surface area contributed by atoms with E-state index in [-0.39, 0.29) is 41.7 Å². The Bertz CT molecular complexity index is 827. The molecule has 0 aromatic heterocycles. The summed E-state index contributed by atoms with van der Waals surface area (Å²) in [6.07, 6.45) is 5.91. The van der Waals surface area contributed by atoms with Gasteiger partial charge in [0.25, 0.3) is 0 Å². The zero-order valence-corrected chi connectivity index (χ0v) is 21.0. The van der Waals surface area contributed by atoms with Gasteiger partial charge in [0.2, 0.25) is 11.8 Å². The molecule has 0 aromatic carbocycles. The minimum atomic E-state index is -1.38. The maximum atomic E-state index is 13.4. The number of aliphatic hydroxyl groups excluding tert-OH is 1. The smallest absolute Gasteiger partial charge is 0.408 e. The molecular weight excluding hydrogens is 478 g/mol. The van der Waals surface area contributed by atoms with Crippen LogP contribution in [0.1, 0.15) is 65.7 Å². The molecule has 0 bridgehead atoms. The molecule has 0 aromatic rings. The van der Waals surface area contributed by atoms with E-state index in [0.717, 1.165) is 19.3 Å². The van der Waals surface area contributed by atoms with Crippen LogP contribution in [0.5, 0.6) is 0 Å². The van der Waals surface area contributed by atoms with Crippen molar-refractivity contribution in [2.24, 2.45) is 5.92 Å². The Kier molecular flexibility index (Phi) is 12.0. The number of allylic oxidation sites excluding steroid dienone is 1. The summed E-state index contributed by atoms with van der Waals surface area (Å²) in [6.45, 7) is 5.10. The number of hydrogen-bond donors (Lipinski definition) is 4. The van der Waals surface area contributed by atoms with Crippen molar-refractivity contribution in [3.8, 4) is 0 Å². The van der Waals surface area contributed by atoms with Gasteiger partial charge >= 0.3 is 12.1 Å². The number of nitrogens with one attached hydrogen (secondary N) is 2. The number of alkyl carbamates (subject to hydrolysis) is 1. The van der Waals surface area contributed by atoms with Crippen molar-refractivity contribution in [3.63, 3.8) is 0 Å². The second-order valence-corrected chi connectivity index (χ2v) is 10.2. The number of ether oxygens (including phenoxy) is 1. The molecule has 0 radical (unpaired) electrons. The average molecular weight is 520 g/mol. The van der Waals surface area contributed by atoms with Gasteiger partial charge in [-0.1, -0.05) is 25.0 Å². The van der Waals surface area contributed by atoms with Crippen molar-refractivity contribution in [2.45, 2.75) is 95.0 Å². The summed E-state index contributed by atoms with van der Waals surface area (Å²) >= 11 is 0. The lowest BCUT2D eigenvalue weighted by atomic mass is 10.0. The van der Waals surface area contributed by atoms with E-state index in [1.165, 1.54) is 4.90 Å². The standard InChI is InChI=1S/C23H35N3O7.3H2O/c1-22(2,3)33-21(32)24-16-10-8-6-4-5-7-9-14-12-23(14,20(30)31)25-18(28)17-11-15(27)13-26(17)19(16)29;;;/h7,9,14-17,27H,4-6,8,10-13H2,1-3H3,(H,24,32)(H,25,28)(H,30,31);3*1H2/b9-7+;;;/t14-,15-,16+,17+,23-;;;/m1.../s1. The van der Waals surface area contributed by atoms with Crippen LogP contribution in [-0.2, 0) is 19.1 Å². The largest absolute Gasteiger partial charge is 0.479 e. The van der Waals surface area contributed by atoms with E-state index < -0.39 is 53.2 Å². The normalized spacial score (nSPS) is 31.3. The fraction of sp³-hybridized carbons (Fsp3) is 0.739. The summed E-state index contributed by atoms with van der Waals surface area (Å²) in [6, 6.07) is -1.93. The molecule has 0 unspecified atom stereocenters. The van der Waals surface area contributed by atoms with Crippen LogP contribution in [0.4, 0.5) is 4.79 Å². The molecule has 1 aliphatic carbocycles. The number of amides is 3. The van der Waals surface area contributed by atoms with Gasteiger partial charge in [0.15, 0.2) is 0 Å².